The number of benzene rings is 1. The van der Waals surface area contributed by atoms with Gasteiger partial charge >= 0.3 is 5.97 Å². The first-order chi connectivity index (χ1) is 11.8. The van der Waals surface area contributed by atoms with E-state index in [1.165, 1.54) is 0 Å². The minimum Gasteiger partial charge on any atom is -0.481 e. The molecule has 134 valence electrons. The second kappa shape index (κ2) is 7.92. The molecule has 25 heavy (non-hydrogen) atoms. The number of hydrogen-bond acceptors (Lipinski definition) is 4. The predicted octanol–water partition coefficient (Wildman–Crippen LogP) is 2.36. The van der Waals surface area contributed by atoms with Gasteiger partial charge in [-0.3, -0.25) is 9.59 Å². The van der Waals surface area contributed by atoms with Gasteiger partial charge in [-0.05, 0) is 38.3 Å². The molecule has 1 amide bonds. The average Bonchev–Trinajstić information content (AvgIpc) is 2.93. The van der Waals surface area contributed by atoms with Gasteiger partial charge in [0.1, 0.15) is 0 Å². The number of aryl methyl sites for hydroxylation is 1. The number of aliphatic carboxylic acids is 1. The normalized spacial score (nSPS) is 12.2. The molecule has 1 atom stereocenters. The van der Waals surface area contributed by atoms with Gasteiger partial charge in [0.05, 0.1) is 17.3 Å². The number of aromatic nitrogens is 3. The molecule has 2 N–H and O–H groups in total. The Balaban J connectivity index is 2.10. The van der Waals surface area contributed by atoms with Crippen molar-refractivity contribution in [3.63, 3.8) is 0 Å². The Bertz CT molecular complexity index is 750. The summed E-state index contributed by atoms with van der Waals surface area (Å²) in [5, 5.41) is 19.9. The third kappa shape index (κ3) is 4.65. The number of rotatable bonds is 7. The van der Waals surface area contributed by atoms with Crippen molar-refractivity contribution in [1.29, 1.82) is 0 Å². The largest absolute Gasteiger partial charge is 0.481 e. The van der Waals surface area contributed by atoms with Gasteiger partial charge in [0, 0.05) is 6.54 Å². The molecule has 2 aromatic rings. The van der Waals surface area contributed by atoms with Crippen LogP contribution in [0.5, 0.6) is 0 Å². The Morgan fingerprint density at radius 1 is 1.20 bits per heavy atom. The molecule has 2 rings (SSSR count). The van der Waals surface area contributed by atoms with Crippen molar-refractivity contribution in [2.45, 2.75) is 34.1 Å². The van der Waals surface area contributed by atoms with E-state index in [1.54, 1.807) is 11.6 Å². The molecule has 0 spiro atoms. The first-order valence-corrected chi connectivity index (χ1v) is 8.30. The van der Waals surface area contributed by atoms with E-state index in [0.29, 0.717) is 12.1 Å². The summed E-state index contributed by atoms with van der Waals surface area (Å²) in [4.78, 5) is 23.6. The number of nitrogens with one attached hydrogen (secondary N) is 1. The van der Waals surface area contributed by atoms with E-state index < -0.39 is 17.8 Å². The fraction of sp³-hybridized carbons (Fsp3) is 0.444. The van der Waals surface area contributed by atoms with Gasteiger partial charge in [0.25, 0.3) is 5.91 Å². The molecule has 1 aromatic heterocycles. The number of carboxylic acids is 1. The number of carbonyl (C=O) groups excluding carboxylic acids is 1. The average molecular weight is 344 g/mol. The first kappa shape index (κ1) is 18.6. The molecule has 0 aliphatic carbocycles. The lowest BCUT2D eigenvalue weighted by atomic mass is 9.97. The topological polar surface area (TPSA) is 97.1 Å². The third-order valence-electron chi connectivity index (χ3n) is 4.00. The Morgan fingerprint density at radius 3 is 2.40 bits per heavy atom. The van der Waals surface area contributed by atoms with Crippen molar-refractivity contribution >= 4 is 11.9 Å². The van der Waals surface area contributed by atoms with Crippen LogP contribution in [0.2, 0.25) is 0 Å². The third-order valence-corrected chi connectivity index (χ3v) is 4.00. The van der Waals surface area contributed by atoms with E-state index >= 15 is 0 Å². The highest BCUT2D eigenvalue weighted by Gasteiger charge is 2.22. The van der Waals surface area contributed by atoms with Gasteiger partial charge in [-0.2, -0.15) is 0 Å². The monoisotopic (exact) mass is 344 g/mol. The summed E-state index contributed by atoms with van der Waals surface area (Å²) in [5.74, 6) is -1.70. The van der Waals surface area contributed by atoms with Crippen LogP contribution in [0, 0.1) is 25.7 Å². The van der Waals surface area contributed by atoms with Crippen LogP contribution < -0.4 is 5.32 Å². The summed E-state index contributed by atoms with van der Waals surface area (Å²) in [7, 11) is 0. The summed E-state index contributed by atoms with van der Waals surface area (Å²) >= 11 is 0. The number of carboxylic acid groups (broad SMARTS) is 1. The molecule has 0 saturated heterocycles. The van der Waals surface area contributed by atoms with Crippen molar-refractivity contribution < 1.29 is 14.7 Å². The van der Waals surface area contributed by atoms with Crippen molar-refractivity contribution in [2.24, 2.45) is 11.8 Å². The molecule has 0 saturated carbocycles. The fourth-order valence-corrected chi connectivity index (χ4v) is 2.61. The lowest BCUT2D eigenvalue weighted by molar-refractivity contribution is -0.142. The number of carbonyl (C=O) groups is 2. The molecule has 1 heterocycles. The van der Waals surface area contributed by atoms with Crippen LogP contribution in [0.25, 0.3) is 5.69 Å². The first-order valence-electron chi connectivity index (χ1n) is 8.30. The van der Waals surface area contributed by atoms with E-state index in [0.717, 1.165) is 11.3 Å². The van der Waals surface area contributed by atoms with Crippen molar-refractivity contribution in [3.05, 3.63) is 41.2 Å². The lowest BCUT2D eigenvalue weighted by Crippen LogP contribution is -2.34. The summed E-state index contributed by atoms with van der Waals surface area (Å²) in [5.41, 5.74) is 2.76. The van der Waals surface area contributed by atoms with Gasteiger partial charge in [-0.15, -0.1) is 5.10 Å². The molecular weight excluding hydrogens is 320 g/mol. The molecular formula is C18H24N4O3. The molecule has 1 aromatic carbocycles. The lowest BCUT2D eigenvalue weighted by Gasteiger charge is -2.15. The van der Waals surface area contributed by atoms with Gasteiger partial charge in [-0.1, -0.05) is 36.8 Å². The summed E-state index contributed by atoms with van der Waals surface area (Å²) in [6, 6.07) is 7.72. The molecule has 7 nitrogen and oxygen atoms in total. The fourth-order valence-electron chi connectivity index (χ4n) is 2.61. The van der Waals surface area contributed by atoms with Gasteiger partial charge in [-0.25, -0.2) is 4.68 Å². The predicted molar refractivity (Wildman–Crippen MR) is 93.7 cm³/mol. The molecule has 0 aliphatic heterocycles. The van der Waals surface area contributed by atoms with E-state index in [2.05, 4.69) is 15.6 Å². The van der Waals surface area contributed by atoms with Crippen molar-refractivity contribution in [3.8, 4) is 5.69 Å². The number of hydrogen-bond donors (Lipinski definition) is 2. The SMILES string of the molecule is Cc1ccc(-n2nnc(C(=O)NCC(CC(C)C)C(=O)O)c2C)cc1. The molecule has 0 aliphatic rings. The highest BCUT2D eigenvalue weighted by molar-refractivity contribution is 5.93. The highest BCUT2D eigenvalue weighted by atomic mass is 16.4. The molecule has 7 heteroatoms. The zero-order valence-electron chi connectivity index (χ0n) is 15.0. The molecule has 0 bridgehead atoms. The van der Waals surface area contributed by atoms with Gasteiger partial charge in [0.2, 0.25) is 0 Å². The zero-order valence-corrected chi connectivity index (χ0v) is 15.0. The Labute approximate surface area is 147 Å². The maximum atomic E-state index is 12.4. The number of amides is 1. The number of nitrogens with zero attached hydrogens (tertiary/aromatic N) is 3. The van der Waals surface area contributed by atoms with Crippen molar-refractivity contribution in [2.75, 3.05) is 6.54 Å². The molecule has 0 radical (unpaired) electrons. The van der Waals surface area contributed by atoms with Crippen LogP contribution in [0.1, 0.15) is 42.0 Å². The van der Waals surface area contributed by atoms with Gasteiger partial charge in [0.15, 0.2) is 5.69 Å². The van der Waals surface area contributed by atoms with Crippen LogP contribution in [0.15, 0.2) is 24.3 Å². The summed E-state index contributed by atoms with van der Waals surface area (Å²) < 4.78 is 1.59. The highest BCUT2D eigenvalue weighted by Crippen LogP contribution is 2.14. The van der Waals surface area contributed by atoms with Crippen LogP contribution >= 0.6 is 0 Å². The summed E-state index contributed by atoms with van der Waals surface area (Å²) in [6.07, 6.45) is 0.505. The van der Waals surface area contributed by atoms with Crippen LogP contribution in [0.3, 0.4) is 0 Å². The van der Waals surface area contributed by atoms with Crippen LogP contribution in [-0.2, 0) is 4.79 Å². The smallest absolute Gasteiger partial charge is 0.308 e. The zero-order chi connectivity index (χ0) is 18.6. The second-order valence-electron chi connectivity index (χ2n) is 6.65. The van der Waals surface area contributed by atoms with E-state index in [4.69, 9.17) is 0 Å². The molecule has 1 unspecified atom stereocenters. The maximum absolute atomic E-state index is 12.4. The second-order valence-corrected chi connectivity index (χ2v) is 6.65. The van der Waals surface area contributed by atoms with E-state index in [1.807, 2.05) is 45.0 Å². The van der Waals surface area contributed by atoms with E-state index in [9.17, 15) is 14.7 Å². The standard InChI is InChI=1S/C18H24N4O3/c1-11(2)9-14(18(24)25)10-19-17(23)16-13(4)22(21-20-16)15-7-5-12(3)6-8-15/h5-8,11,14H,9-10H2,1-4H3,(H,19,23)(H,24,25). The quantitative estimate of drug-likeness (QED) is 0.803. The molecule has 0 fully saturated rings. The van der Waals surface area contributed by atoms with Gasteiger partial charge < -0.3 is 10.4 Å². The van der Waals surface area contributed by atoms with Crippen molar-refractivity contribution in [1.82, 2.24) is 20.3 Å². The summed E-state index contributed by atoms with van der Waals surface area (Å²) in [6.45, 7) is 7.73. The Hall–Kier alpha value is -2.70. The minimum atomic E-state index is -0.908. The minimum absolute atomic E-state index is 0.0726. The van der Waals surface area contributed by atoms with Crippen LogP contribution in [-0.4, -0.2) is 38.5 Å². The maximum Gasteiger partial charge on any atom is 0.308 e. The Morgan fingerprint density at radius 2 is 1.84 bits per heavy atom. The Kier molecular flexibility index (Phi) is 5.90. The van der Waals surface area contributed by atoms with Crippen LogP contribution in [0.4, 0.5) is 0 Å². The van der Waals surface area contributed by atoms with E-state index in [-0.39, 0.29) is 18.2 Å².